The number of aromatic nitrogens is 6. The molecule has 0 N–H and O–H groups in total. The van der Waals surface area contributed by atoms with E-state index in [1.54, 1.807) is 24.2 Å². The first-order valence-electron chi connectivity index (χ1n) is 15.9. The highest BCUT2D eigenvalue weighted by molar-refractivity contribution is 7.99. The highest BCUT2D eigenvalue weighted by Crippen LogP contribution is 2.34. The minimum atomic E-state index is 0.768. The number of imidazole rings is 1. The van der Waals surface area contributed by atoms with Gasteiger partial charge in [-0.3, -0.25) is 0 Å². The molecular formula is C37H52N6S. The van der Waals surface area contributed by atoms with E-state index in [2.05, 4.69) is 95.3 Å². The first-order valence-corrected chi connectivity index (χ1v) is 16.9. The molecule has 0 fully saturated rings. The van der Waals surface area contributed by atoms with Gasteiger partial charge in [-0.25, -0.2) is 24.9 Å². The fraction of sp³-hybridized carbons (Fsp3) is 0.432. The summed E-state index contributed by atoms with van der Waals surface area (Å²) in [7, 11) is 0. The van der Waals surface area contributed by atoms with Crippen LogP contribution in [0.25, 0.3) is 28.8 Å². The molecule has 0 unspecified atom stereocenters. The van der Waals surface area contributed by atoms with Gasteiger partial charge in [0.25, 0.3) is 0 Å². The van der Waals surface area contributed by atoms with Gasteiger partial charge in [-0.1, -0.05) is 120 Å². The Kier molecular flexibility index (Phi) is 16.3. The van der Waals surface area contributed by atoms with E-state index in [4.69, 9.17) is 4.98 Å². The van der Waals surface area contributed by atoms with Crippen LogP contribution in [0.4, 0.5) is 0 Å². The summed E-state index contributed by atoms with van der Waals surface area (Å²) in [4.78, 5) is 22.0. The van der Waals surface area contributed by atoms with E-state index in [0.717, 1.165) is 68.8 Å². The SMILES string of the molecule is C=C(C)CSc1nccc(C)n1.CC.CCCC(C)CCC.Cc1ccc(-c2nc3n(c2-c2ccnc(C)n2)C=CC3)cc1. The zero-order valence-electron chi connectivity index (χ0n) is 28.4. The maximum absolute atomic E-state index is 4.84. The van der Waals surface area contributed by atoms with Gasteiger partial charge in [0.15, 0.2) is 5.16 Å². The third kappa shape index (κ3) is 11.8. The molecule has 4 heterocycles. The molecule has 6 nitrogen and oxygen atoms in total. The van der Waals surface area contributed by atoms with E-state index in [1.165, 1.54) is 31.2 Å². The molecule has 0 radical (unpaired) electrons. The van der Waals surface area contributed by atoms with Gasteiger partial charge in [-0.2, -0.15) is 0 Å². The predicted octanol–water partition coefficient (Wildman–Crippen LogP) is 10.4. The first-order chi connectivity index (χ1) is 21.2. The number of rotatable bonds is 9. The smallest absolute Gasteiger partial charge is 0.188 e. The summed E-state index contributed by atoms with van der Waals surface area (Å²) >= 11 is 1.62. The van der Waals surface area contributed by atoms with Crippen molar-refractivity contribution in [2.24, 2.45) is 5.92 Å². The molecule has 0 amide bonds. The van der Waals surface area contributed by atoms with Crippen molar-refractivity contribution < 1.29 is 0 Å². The standard InChI is InChI=1S/C18H16N4.C9H12N2S.C8H18.C2H6/c1-12-5-7-14(8-6-12)17-18(15-9-10-19-13(2)20-15)22-11-3-4-16(22)21-17;1-7(2)6-12-9-10-5-4-8(3)11-9;1-4-6-8(3)7-5-2;1-2/h3,5-11H,4H2,1-2H3;4-5H,1,6H2,2-3H3;8H,4-7H2,1-3H3;1-2H3. The summed E-state index contributed by atoms with van der Waals surface area (Å²) in [5.74, 6) is 3.68. The molecule has 1 aliphatic heterocycles. The minimum Gasteiger partial charge on any atom is -0.301 e. The molecule has 0 saturated carbocycles. The van der Waals surface area contributed by atoms with Crippen molar-refractivity contribution in [2.45, 2.75) is 99.6 Å². The summed E-state index contributed by atoms with van der Waals surface area (Å²) in [6.07, 6.45) is 14.2. The van der Waals surface area contributed by atoms with Gasteiger partial charge in [0.05, 0.1) is 17.1 Å². The molecular weight excluding hydrogens is 561 g/mol. The lowest BCUT2D eigenvalue weighted by atomic mass is 10.0. The number of nitrogens with zero attached hydrogens (tertiary/aromatic N) is 6. The molecule has 5 rings (SSSR count). The molecule has 44 heavy (non-hydrogen) atoms. The zero-order valence-corrected chi connectivity index (χ0v) is 29.2. The highest BCUT2D eigenvalue weighted by atomic mass is 32.2. The second-order valence-electron chi connectivity index (χ2n) is 10.9. The average Bonchev–Trinajstić information content (AvgIpc) is 3.60. The number of benzene rings is 1. The van der Waals surface area contributed by atoms with Crippen LogP contribution in [0.2, 0.25) is 0 Å². The molecule has 0 spiro atoms. The number of fused-ring (bicyclic) bond motifs is 1. The number of hydrogen-bond donors (Lipinski definition) is 0. The number of hydrogen-bond acceptors (Lipinski definition) is 6. The van der Waals surface area contributed by atoms with Gasteiger partial charge in [0.1, 0.15) is 11.6 Å². The maximum atomic E-state index is 4.84. The van der Waals surface area contributed by atoms with E-state index in [9.17, 15) is 0 Å². The Morgan fingerprint density at radius 3 is 2.16 bits per heavy atom. The van der Waals surface area contributed by atoms with Gasteiger partial charge in [-0.05, 0) is 45.7 Å². The molecule has 1 aromatic carbocycles. The number of allylic oxidation sites excluding steroid dienone is 1. The lowest BCUT2D eigenvalue weighted by Crippen LogP contribution is -1.96. The van der Waals surface area contributed by atoms with Crippen molar-refractivity contribution in [3.8, 4) is 22.6 Å². The van der Waals surface area contributed by atoms with Crippen molar-refractivity contribution in [1.29, 1.82) is 0 Å². The average molecular weight is 613 g/mol. The van der Waals surface area contributed by atoms with Crippen LogP contribution >= 0.6 is 11.8 Å². The first kappa shape index (κ1) is 36.6. The van der Waals surface area contributed by atoms with Crippen molar-refractivity contribution in [2.75, 3.05) is 5.75 Å². The topological polar surface area (TPSA) is 69.4 Å². The summed E-state index contributed by atoms with van der Waals surface area (Å²) in [5.41, 5.74) is 7.45. The lowest BCUT2D eigenvalue weighted by molar-refractivity contribution is 0.480. The summed E-state index contributed by atoms with van der Waals surface area (Å²) in [6.45, 7) is 22.6. The molecule has 0 atom stereocenters. The van der Waals surface area contributed by atoms with E-state index in [0.29, 0.717) is 0 Å². The van der Waals surface area contributed by atoms with Crippen LogP contribution in [0.5, 0.6) is 0 Å². The molecule has 236 valence electrons. The van der Waals surface area contributed by atoms with Crippen LogP contribution in [-0.4, -0.2) is 35.2 Å². The van der Waals surface area contributed by atoms with E-state index < -0.39 is 0 Å². The maximum Gasteiger partial charge on any atom is 0.188 e. The summed E-state index contributed by atoms with van der Waals surface area (Å²) in [5, 5.41) is 0.831. The number of aryl methyl sites for hydroxylation is 3. The third-order valence-electron chi connectivity index (χ3n) is 6.67. The monoisotopic (exact) mass is 612 g/mol. The highest BCUT2D eigenvalue weighted by Gasteiger charge is 2.21. The number of thioether (sulfide) groups is 1. The van der Waals surface area contributed by atoms with Crippen molar-refractivity contribution >= 4 is 18.0 Å². The Hall–Kier alpha value is -3.58. The van der Waals surface area contributed by atoms with E-state index >= 15 is 0 Å². The molecule has 0 saturated heterocycles. The van der Waals surface area contributed by atoms with Crippen LogP contribution in [0.3, 0.4) is 0 Å². The Bertz CT molecular complexity index is 1450. The molecule has 7 heteroatoms. The van der Waals surface area contributed by atoms with Crippen LogP contribution in [0.1, 0.15) is 90.1 Å². The van der Waals surface area contributed by atoms with E-state index in [-0.39, 0.29) is 0 Å². The summed E-state index contributed by atoms with van der Waals surface area (Å²) in [6, 6.07) is 12.3. The second-order valence-corrected chi connectivity index (χ2v) is 11.9. The van der Waals surface area contributed by atoms with Crippen LogP contribution in [0.15, 0.2) is 72.2 Å². The Labute approximate surface area is 270 Å². The Morgan fingerprint density at radius 1 is 0.909 bits per heavy atom. The van der Waals surface area contributed by atoms with Gasteiger partial charge in [-0.15, -0.1) is 0 Å². The largest absolute Gasteiger partial charge is 0.301 e. The third-order valence-corrected chi connectivity index (χ3v) is 7.76. The van der Waals surface area contributed by atoms with Crippen LogP contribution < -0.4 is 0 Å². The van der Waals surface area contributed by atoms with Gasteiger partial charge in [0, 0.05) is 42.0 Å². The molecule has 4 aromatic rings. The van der Waals surface area contributed by atoms with Gasteiger partial charge in [0.2, 0.25) is 0 Å². The molecule has 1 aliphatic rings. The van der Waals surface area contributed by atoms with Gasteiger partial charge < -0.3 is 4.57 Å². The Balaban J connectivity index is 0.000000259. The molecule has 0 aliphatic carbocycles. The normalized spacial score (nSPS) is 11.0. The van der Waals surface area contributed by atoms with Crippen molar-refractivity contribution in [1.82, 2.24) is 29.5 Å². The van der Waals surface area contributed by atoms with Gasteiger partial charge >= 0.3 is 0 Å². The van der Waals surface area contributed by atoms with E-state index in [1.807, 2.05) is 46.8 Å². The fourth-order valence-corrected chi connectivity index (χ4v) is 5.33. The van der Waals surface area contributed by atoms with Crippen molar-refractivity contribution in [3.63, 3.8) is 0 Å². The molecule has 0 bridgehead atoms. The summed E-state index contributed by atoms with van der Waals surface area (Å²) < 4.78 is 2.14. The predicted molar refractivity (Wildman–Crippen MR) is 190 cm³/mol. The Morgan fingerprint density at radius 2 is 1.57 bits per heavy atom. The lowest BCUT2D eigenvalue weighted by Gasteiger charge is -2.07. The van der Waals surface area contributed by atoms with Crippen molar-refractivity contribution in [3.05, 3.63) is 89.9 Å². The van der Waals surface area contributed by atoms with Crippen LogP contribution in [0, 0.1) is 26.7 Å². The fourth-order valence-electron chi connectivity index (χ4n) is 4.61. The zero-order chi connectivity index (χ0) is 32.5. The molecule has 3 aromatic heterocycles. The van der Waals surface area contributed by atoms with Crippen LogP contribution in [-0.2, 0) is 6.42 Å². The second kappa shape index (κ2) is 19.6. The minimum absolute atomic E-state index is 0.768. The quantitative estimate of drug-likeness (QED) is 0.106.